The second kappa shape index (κ2) is 3.88. The lowest BCUT2D eigenvalue weighted by molar-refractivity contribution is 0.158. The molecule has 1 aliphatic heterocycles. The van der Waals surface area contributed by atoms with Gasteiger partial charge < -0.3 is 13.9 Å². The normalized spacial score (nSPS) is 15.9. The highest BCUT2D eigenvalue weighted by Gasteiger charge is 2.27. The van der Waals surface area contributed by atoms with E-state index in [-0.39, 0.29) is 0 Å². The lowest BCUT2D eigenvalue weighted by atomic mass is 10.00. The van der Waals surface area contributed by atoms with Crippen molar-refractivity contribution in [1.29, 1.82) is 0 Å². The fourth-order valence-corrected chi connectivity index (χ4v) is 2.18. The first-order chi connectivity index (χ1) is 9.00. The second-order valence-electron chi connectivity index (χ2n) is 5.03. The van der Waals surface area contributed by atoms with Gasteiger partial charge in [0.25, 0.3) is 0 Å². The Hall–Kier alpha value is -2.23. The summed E-state index contributed by atoms with van der Waals surface area (Å²) < 4.78 is 16.6. The van der Waals surface area contributed by atoms with Crippen molar-refractivity contribution >= 4 is 17.0 Å². The quantitative estimate of drug-likeness (QED) is 0.738. The molecule has 1 aromatic carbocycles. The van der Waals surface area contributed by atoms with E-state index >= 15 is 0 Å². The molecule has 4 heteroatoms. The van der Waals surface area contributed by atoms with Crippen LogP contribution in [0.25, 0.3) is 17.0 Å². The minimum atomic E-state index is -0.444. The molecule has 0 unspecified atom stereocenters. The molecule has 0 aliphatic carbocycles. The number of benzene rings is 1. The van der Waals surface area contributed by atoms with Crippen LogP contribution in [0.3, 0.4) is 0 Å². The number of fused-ring (bicyclic) bond motifs is 3. The van der Waals surface area contributed by atoms with Gasteiger partial charge in [-0.05, 0) is 38.1 Å². The Morgan fingerprint density at radius 1 is 1.26 bits per heavy atom. The van der Waals surface area contributed by atoms with Crippen LogP contribution in [0.15, 0.2) is 33.5 Å². The summed E-state index contributed by atoms with van der Waals surface area (Å²) >= 11 is 0. The number of rotatable bonds is 1. The van der Waals surface area contributed by atoms with Crippen molar-refractivity contribution in [3.05, 3.63) is 40.3 Å². The Morgan fingerprint density at radius 2 is 2.05 bits per heavy atom. The van der Waals surface area contributed by atoms with Crippen LogP contribution in [-0.4, -0.2) is 12.7 Å². The van der Waals surface area contributed by atoms with E-state index in [1.165, 1.54) is 6.07 Å². The van der Waals surface area contributed by atoms with Gasteiger partial charge in [0.15, 0.2) is 11.3 Å². The third-order valence-electron chi connectivity index (χ3n) is 3.10. The van der Waals surface area contributed by atoms with Crippen molar-refractivity contribution in [3.8, 4) is 11.5 Å². The molecule has 98 valence electrons. The standard InChI is InChI=1S/C15H14O4/c1-15(2)7-6-10-11(17-3)8-9-4-5-12(16)18-13(9)14(10)19-15/h4-8H,1-3H3. The number of hydrogen-bond acceptors (Lipinski definition) is 4. The molecule has 0 radical (unpaired) electrons. The monoisotopic (exact) mass is 258 g/mol. The largest absolute Gasteiger partial charge is 0.496 e. The van der Waals surface area contributed by atoms with E-state index in [2.05, 4.69) is 0 Å². The van der Waals surface area contributed by atoms with Gasteiger partial charge in [0.05, 0.1) is 12.7 Å². The topological polar surface area (TPSA) is 48.7 Å². The number of hydrogen-bond donors (Lipinski definition) is 0. The predicted octanol–water partition coefficient (Wildman–Crippen LogP) is 2.99. The number of ether oxygens (including phenoxy) is 2. The number of methoxy groups -OCH3 is 1. The van der Waals surface area contributed by atoms with Crippen LogP contribution < -0.4 is 15.1 Å². The van der Waals surface area contributed by atoms with Gasteiger partial charge in [-0.1, -0.05) is 0 Å². The molecular formula is C15H14O4. The van der Waals surface area contributed by atoms with Crippen molar-refractivity contribution in [2.45, 2.75) is 19.4 Å². The highest BCUT2D eigenvalue weighted by atomic mass is 16.5. The summed E-state index contributed by atoms with van der Waals surface area (Å²) in [5.74, 6) is 1.25. The lowest BCUT2D eigenvalue weighted by Gasteiger charge is -2.28. The van der Waals surface area contributed by atoms with Gasteiger partial charge in [-0.15, -0.1) is 0 Å². The van der Waals surface area contributed by atoms with Crippen LogP contribution in [0.1, 0.15) is 19.4 Å². The van der Waals surface area contributed by atoms with E-state index < -0.39 is 11.2 Å². The van der Waals surface area contributed by atoms with E-state index in [1.807, 2.05) is 32.1 Å². The van der Waals surface area contributed by atoms with Gasteiger partial charge in [0, 0.05) is 11.5 Å². The second-order valence-corrected chi connectivity index (χ2v) is 5.03. The van der Waals surface area contributed by atoms with Crippen molar-refractivity contribution in [2.75, 3.05) is 7.11 Å². The summed E-state index contributed by atoms with van der Waals surface area (Å²) in [6.07, 6.45) is 3.88. The molecule has 4 nitrogen and oxygen atoms in total. The van der Waals surface area contributed by atoms with Crippen LogP contribution >= 0.6 is 0 Å². The molecule has 1 aliphatic rings. The maximum absolute atomic E-state index is 11.4. The Kier molecular flexibility index (Phi) is 2.42. The molecule has 0 spiro atoms. The fourth-order valence-electron chi connectivity index (χ4n) is 2.18. The van der Waals surface area contributed by atoms with E-state index in [0.717, 1.165) is 10.9 Å². The van der Waals surface area contributed by atoms with Crippen LogP contribution in [0.5, 0.6) is 11.5 Å². The summed E-state index contributed by atoms with van der Waals surface area (Å²) in [6.45, 7) is 3.89. The Bertz CT molecular complexity index is 738. The molecule has 0 fully saturated rings. The van der Waals surface area contributed by atoms with Gasteiger partial charge in [-0.2, -0.15) is 0 Å². The van der Waals surface area contributed by atoms with Crippen LogP contribution in [0.2, 0.25) is 0 Å². The summed E-state index contributed by atoms with van der Waals surface area (Å²) in [7, 11) is 1.61. The highest BCUT2D eigenvalue weighted by molar-refractivity contribution is 5.90. The third-order valence-corrected chi connectivity index (χ3v) is 3.10. The van der Waals surface area contributed by atoms with Gasteiger partial charge in [-0.25, -0.2) is 4.79 Å². The van der Waals surface area contributed by atoms with Crippen LogP contribution in [0.4, 0.5) is 0 Å². The molecule has 0 saturated carbocycles. The molecule has 0 saturated heterocycles. The minimum Gasteiger partial charge on any atom is -0.496 e. The predicted molar refractivity (Wildman–Crippen MR) is 72.8 cm³/mol. The SMILES string of the molecule is COc1cc2ccc(=O)oc2c2c1C=CC(C)(C)O2. The van der Waals surface area contributed by atoms with Crippen LogP contribution in [0, 0.1) is 0 Å². The van der Waals surface area contributed by atoms with E-state index in [4.69, 9.17) is 13.9 Å². The molecule has 1 aromatic heterocycles. The maximum atomic E-state index is 11.4. The van der Waals surface area contributed by atoms with Crippen LogP contribution in [-0.2, 0) is 0 Å². The average molecular weight is 258 g/mol. The third kappa shape index (κ3) is 1.89. The molecule has 0 N–H and O–H groups in total. The first kappa shape index (κ1) is 11.8. The maximum Gasteiger partial charge on any atom is 0.336 e. The summed E-state index contributed by atoms with van der Waals surface area (Å²) in [4.78, 5) is 11.4. The van der Waals surface area contributed by atoms with Crippen molar-refractivity contribution in [3.63, 3.8) is 0 Å². The lowest BCUT2D eigenvalue weighted by Crippen LogP contribution is -2.27. The Labute approximate surface area is 110 Å². The summed E-state index contributed by atoms with van der Waals surface area (Å²) in [5.41, 5.74) is 0.418. The smallest absolute Gasteiger partial charge is 0.336 e. The Balaban J connectivity index is 2.40. The molecule has 2 heterocycles. The molecular weight excluding hydrogens is 244 g/mol. The van der Waals surface area contributed by atoms with Gasteiger partial charge in [0.1, 0.15) is 11.4 Å². The first-order valence-electron chi connectivity index (χ1n) is 6.03. The molecule has 0 bridgehead atoms. The highest BCUT2D eigenvalue weighted by Crippen LogP contribution is 2.42. The summed E-state index contributed by atoms with van der Waals surface area (Å²) in [5, 5.41) is 0.779. The zero-order valence-electron chi connectivity index (χ0n) is 11.0. The summed E-state index contributed by atoms with van der Waals surface area (Å²) in [6, 6.07) is 4.93. The molecule has 3 rings (SSSR count). The fraction of sp³-hybridized carbons (Fsp3) is 0.267. The molecule has 0 atom stereocenters. The zero-order valence-corrected chi connectivity index (χ0v) is 11.0. The van der Waals surface area contributed by atoms with E-state index in [0.29, 0.717) is 17.1 Å². The van der Waals surface area contributed by atoms with Crippen molar-refractivity contribution < 1.29 is 13.9 Å². The molecule has 0 amide bonds. The molecule has 19 heavy (non-hydrogen) atoms. The van der Waals surface area contributed by atoms with Gasteiger partial charge in [-0.3, -0.25) is 0 Å². The Morgan fingerprint density at radius 3 is 2.79 bits per heavy atom. The van der Waals surface area contributed by atoms with E-state index in [1.54, 1.807) is 13.2 Å². The van der Waals surface area contributed by atoms with Crippen molar-refractivity contribution in [1.82, 2.24) is 0 Å². The van der Waals surface area contributed by atoms with E-state index in [9.17, 15) is 4.79 Å². The van der Waals surface area contributed by atoms with Gasteiger partial charge in [0.2, 0.25) is 0 Å². The minimum absolute atomic E-state index is 0.393. The average Bonchev–Trinajstić information content (AvgIpc) is 2.37. The van der Waals surface area contributed by atoms with Crippen molar-refractivity contribution in [2.24, 2.45) is 0 Å². The zero-order chi connectivity index (χ0) is 13.6. The first-order valence-corrected chi connectivity index (χ1v) is 6.03. The molecule has 2 aromatic rings. The van der Waals surface area contributed by atoms with Gasteiger partial charge >= 0.3 is 5.63 Å².